The fourth-order valence-corrected chi connectivity index (χ4v) is 1.75. The van der Waals surface area contributed by atoms with E-state index in [0.29, 0.717) is 11.3 Å². The van der Waals surface area contributed by atoms with Gasteiger partial charge in [0, 0.05) is 0 Å². The van der Waals surface area contributed by atoms with Crippen molar-refractivity contribution in [1.82, 2.24) is 9.78 Å². The van der Waals surface area contributed by atoms with Crippen LogP contribution in [0.5, 0.6) is 0 Å². The first-order valence-corrected chi connectivity index (χ1v) is 5.37. The first-order valence-electron chi connectivity index (χ1n) is 5.37. The standard InChI is InChI=1S/C12H11F3N4/c1-7-10(11(16)17)6-18-19(7)9-4-2-3-8(5-9)12(13,14)15/h2-6H,1H3,(H3,16,17). The Morgan fingerprint density at radius 2 is 2.05 bits per heavy atom. The van der Waals surface area contributed by atoms with E-state index in [2.05, 4.69) is 5.10 Å². The van der Waals surface area contributed by atoms with Gasteiger partial charge in [-0.05, 0) is 25.1 Å². The van der Waals surface area contributed by atoms with Crippen LogP contribution in [0.3, 0.4) is 0 Å². The monoisotopic (exact) mass is 268 g/mol. The van der Waals surface area contributed by atoms with Crippen molar-refractivity contribution >= 4 is 5.84 Å². The van der Waals surface area contributed by atoms with Crippen molar-refractivity contribution in [2.24, 2.45) is 5.73 Å². The molecule has 0 aliphatic rings. The number of nitrogen functional groups attached to an aromatic ring is 1. The molecule has 19 heavy (non-hydrogen) atoms. The Labute approximate surface area is 107 Å². The molecule has 0 bridgehead atoms. The van der Waals surface area contributed by atoms with E-state index in [1.54, 1.807) is 6.92 Å². The number of hydrogen-bond donors (Lipinski definition) is 2. The molecule has 1 aromatic carbocycles. The van der Waals surface area contributed by atoms with Gasteiger partial charge in [0.2, 0.25) is 0 Å². The second-order valence-electron chi connectivity index (χ2n) is 4.02. The fraction of sp³-hybridized carbons (Fsp3) is 0.167. The highest BCUT2D eigenvalue weighted by Gasteiger charge is 2.30. The smallest absolute Gasteiger partial charge is 0.384 e. The summed E-state index contributed by atoms with van der Waals surface area (Å²) in [7, 11) is 0. The minimum atomic E-state index is -4.40. The lowest BCUT2D eigenvalue weighted by Gasteiger charge is -2.10. The van der Waals surface area contributed by atoms with Crippen LogP contribution in [0, 0.1) is 12.3 Å². The molecule has 0 saturated heterocycles. The SMILES string of the molecule is Cc1c(C(=N)N)cnn1-c1cccc(C(F)(F)F)c1. The number of hydrogen-bond acceptors (Lipinski definition) is 2. The molecule has 0 fully saturated rings. The van der Waals surface area contributed by atoms with E-state index in [9.17, 15) is 13.2 Å². The molecule has 7 heteroatoms. The van der Waals surface area contributed by atoms with Gasteiger partial charge in [0.25, 0.3) is 0 Å². The van der Waals surface area contributed by atoms with Gasteiger partial charge < -0.3 is 5.73 Å². The van der Waals surface area contributed by atoms with E-state index in [1.807, 2.05) is 0 Å². The van der Waals surface area contributed by atoms with E-state index in [4.69, 9.17) is 11.1 Å². The maximum absolute atomic E-state index is 12.6. The number of alkyl halides is 3. The van der Waals surface area contributed by atoms with Crippen molar-refractivity contribution in [3.05, 3.63) is 47.3 Å². The van der Waals surface area contributed by atoms with Gasteiger partial charge in [-0.15, -0.1) is 0 Å². The summed E-state index contributed by atoms with van der Waals surface area (Å²) in [5.74, 6) is -0.171. The molecule has 0 radical (unpaired) electrons. The van der Waals surface area contributed by atoms with Gasteiger partial charge in [-0.2, -0.15) is 18.3 Å². The molecular formula is C12H11F3N4. The van der Waals surface area contributed by atoms with Crippen LogP contribution in [0.25, 0.3) is 5.69 Å². The minimum Gasteiger partial charge on any atom is -0.384 e. The molecule has 0 unspecified atom stereocenters. The molecule has 0 spiro atoms. The zero-order valence-electron chi connectivity index (χ0n) is 9.99. The van der Waals surface area contributed by atoms with Crippen LogP contribution in [0.1, 0.15) is 16.8 Å². The van der Waals surface area contributed by atoms with Gasteiger partial charge >= 0.3 is 6.18 Å². The zero-order chi connectivity index (χ0) is 14.2. The molecule has 0 amide bonds. The summed E-state index contributed by atoms with van der Waals surface area (Å²) in [5, 5.41) is 11.3. The van der Waals surface area contributed by atoms with Crippen molar-refractivity contribution < 1.29 is 13.2 Å². The number of nitrogens with one attached hydrogen (secondary N) is 1. The molecule has 100 valence electrons. The number of rotatable bonds is 2. The normalized spacial score (nSPS) is 11.6. The van der Waals surface area contributed by atoms with Crippen LogP contribution in [0.15, 0.2) is 30.5 Å². The topological polar surface area (TPSA) is 67.7 Å². The Hall–Kier alpha value is -2.31. The van der Waals surface area contributed by atoms with E-state index >= 15 is 0 Å². The van der Waals surface area contributed by atoms with Gasteiger partial charge in [0.15, 0.2) is 0 Å². The summed E-state index contributed by atoms with van der Waals surface area (Å²) in [5.41, 5.74) is 5.81. The van der Waals surface area contributed by atoms with Gasteiger partial charge in [0.05, 0.1) is 28.7 Å². The van der Waals surface area contributed by atoms with Crippen LogP contribution >= 0.6 is 0 Å². The second-order valence-corrected chi connectivity index (χ2v) is 4.02. The zero-order valence-corrected chi connectivity index (χ0v) is 9.99. The highest BCUT2D eigenvalue weighted by atomic mass is 19.4. The van der Waals surface area contributed by atoms with Gasteiger partial charge in [-0.3, -0.25) is 5.41 Å². The summed E-state index contributed by atoms with van der Waals surface area (Å²) in [4.78, 5) is 0. The van der Waals surface area contributed by atoms with Crippen molar-refractivity contribution in [3.8, 4) is 5.69 Å². The van der Waals surface area contributed by atoms with Crippen molar-refractivity contribution in [3.63, 3.8) is 0 Å². The Morgan fingerprint density at radius 1 is 1.37 bits per heavy atom. The molecule has 2 rings (SSSR count). The predicted molar refractivity (Wildman–Crippen MR) is 64.3 cm³/mol. The Bertz CT molecular complexity index is 628. The molecule has 0 saturated carbocycles. The molecule has 0 atom stereocenters. The third-order valence-electron chi connectivity index (χ3n) is 2.72. The number of aromatic nitrogens is 2. The number of nitrogens with zero attached hydrogens (tertiary/aromatic N) is 2. The van der Waals surface area contributed by atoms with Crippen LogP contribution in [-0.2, 0) is 6.18 Å². The summed E-state index contributed by atoms with van der Waals surface area (Å²) < 4.78 is 39.2. The van der Waals surface area contributed by atoms with E-state index < -0.39 is 11.7 Å². The summed E-state index contributed by atoms with van der Waals surface area (Å²) in [6.07, 6.45) is -3.04. The molecule has 2 aromatic rings. The molecule has 0 aliphatic heterocycles. The van der Waals surface area contributed by atoms with Crippen LogP contribution < -0.4 is 5.73 Å². The Kier molecular flexibility index (Phi) is 3.05. The number of halogens is 3. The highest BCUT2D eigenvalue weighted by Crippen LogP contribution is 2.30. The fourth-order valence-electron chi connectivity index (χ4n) is 1.75. The quantitative estimate of drug-likeness (QED) is 0.649. The highest BCUT2D eigenvalue weighted by molar-refractivity contribution is 5.95. The van der Waals surface area contributed by atoms with E-state index in [-0.39, 0.29) is 11.5 Å². The van der Waals surface area contributed by atoms with Crippen molar-refractivity contribution in [1.29, 1.82) is 5.41 Å². The third-order valence-corrected chi connectivity index (χ3v) is 2.72. The van der Waals surface area contributed by atoms with E-state index in [0.717, 1.165) is 12.1 Å². The minimum absolute atomic E-state index is 0.171. The van der Waals surface area contributed by atoms with Gasteiger partial charge in [0.1, 0.15) is 5.84 Å². The number of benzene rings is 1. The molecular weight excluding hydrogens is 257 g/mol. The summed E-state index contributed by atoms with van der Waals surface area (Å²) >= 11 is 0. The maximum atomic E-state index is 12.6. The molecule has 0 aliphatic carbocycles. The molecule has 4 nitrogen and oxygen atoms in total. The van der Waals surface area contributed by atoms with Crippen molar-refractivity contribution in [2.75, 3.05) is 0 Å². The Balaban J connectivity index is 2.51. The van der Waals surface area contributed by atoms with Crippen molar-refractivity contribution in [2.45, 2.75) is 13.1 Å². The lowest BCUT2D eigenvalue weighted by molar-refractivity contribution is -0.137. The van der Waals surface area contributed by atoms with Crippen LogP contribution in [-0.4, -0.2) is 15.6 Å². The Morgan fingerprint density at radius 3 is 2.58 bits per heavy atom. The number of nitrogens with two attached hydrogens (primary N) is 1. The van der Waals surface area contributed by atoms with E-state index in [1.165, 1.54) is 23.0 Å². The second kappa shape index (κ2) is 4.42. The molecule has 1 aromatic heterocycles. The largest absolute Gasteiger partial charge is 0.416 e. The lowest BCUT2D eigenvalue weighted by atomic mass is 10.2. The van der Waals surface area contributed by atoms with Gasteiger partial charge in [-0.25, -0.2) is 4.68 Å². The summed E-state index contributed by atoms with van der Waals surface area (Å²) in [6.45, 7) is 1.64. The predicted octanol–water partition coefficient (Wildman–Crippen LogP) is 2.48. The van der Waals surface area contributed by atoms with Gasteiger partial charge in [-0.1, -0.05) is 6.07 Å². The first-order chi connectivity index (χ1) is 8.80. The maximum Gasteiger partial charge on any atom is 0.416 e. The lowest BCUT2D eigenvalue weighted by Crippen LogP contribution is -2.12. The molecule has 3 N–H and O–H groups in total. The number of amidine groups is 1. The summed E-state index contributed by atoms with van der Waals surface area (Å²) in [6, 6.07) is 4.82. The first kappa shape index (κ1) is 13.1. The molecule has 1 heterocycles. The average Bonchev–Trinajstić information content (AvgIpc) is 2.70. The van der Waals surface area contributed by atoms with Crippen LogP contribution in [0.4, 0.5) is 13.2 Å². The third kappa shape index (κ3) is 2.44. The van der Waals surface area contributed by atoms with Crippen LogP contribution in [0.2, 0.25) is 0 Å². The average molecular weight is 268 g/mol.